The minimum Gasteiger partial charge on any atom is -0.462 e. The van der Waals surface area contributed by atoms with Crippen LogP contribution in [0.2, 0.25) is 0 Å². The second-order valence-electron chi connectivity index (χ2n) is 3.49. The van der Waals surface area contributed by atoms with Gasteiger partial charge in [-0.2, -0.15) is 0 Å². The van der Waals surface area contributed by atoms with Crippen molar-refractivity contribution in [2.24, 2.45) is 0 Å². The van der Waals surface area contributed by atoms with Gasteiger partial charge in [-0.3, -0.25) is 0 Å². The Bertz CT molecular complexity index is 518. The lowest BCUT2D eigenvalue weighted by Gasteiger charge is -2.06. The smallest absolute Gasteiger partial charge is 0.107 e. The summed E-state index contributed by atoms with van der Waals surface area (Å²) in [5.74, 6) is 2.68. The van der Waals surface area contributed by atoms with Crippen LogP contribution in [0.5, 0.6) is 0 Å². The zero-order valence-electron chi connectivity index (χ0n) is 8.85. The van der Waals surface area contributed by atoms with Crippen molar-refractivity contribution in [3.8, 4) is 23.2 Å². The second kappa shape index (κ2) is 5.04. The molecular weight excluding hydrogens is 196 g/mol. The van der Waals surface area contributed by atoms with E-state index < -0.39 is 0 Å². The Morgan fingerprint density at radius 3 is 2.31 bits per heavy atom. The van der Waals surface area contributed by atoms with Crippen molar-refractivity contribution in [1.29, 1.82) is 0 Å². The quantitative estimate of drug-likeness (QED) is 0.751. The molecule has 0 heterocycles. The van der Waals surface area contributed by atoms with Crippen molar-refractivity contribution in [3.63, 3.8) is 0 Å². The predicted octanol–water partition coefficient (Wildman–Crippen LogP) is 3.23. The van der Waals surface area contributed by atoms with Gasteiger partial charge in [-0.1, -0.05) is 60.5 Å². The molecule has 2 rings (SSSR count). The minimum absolute atomic E-state index is 0.571. The standard InChI is InChI=1S/C15H12O/c16-12-6-10-14-9-4-5-11-15(14)13-7-2-1-3-8-13/h1-5,7-9,11,16H,10H2. The molecule has 2 aromatic rings. The molecule has 0 aliphatic heterocycles. The van der Waals surface area contributed by atoms with Gasteiger partial charge in [0, 0.05) is 6.42 Å². The van der Waals surface area contributed by atoms with Crippen molar-refractivity contribution in [2.75, 3.05) is 0 Å². The largest absolute Gasteiger partial charge is 0.462 e. The molecule has 0 spiro atoms. The normalized spacial score (nSPS) is 9.25. The van der Waals surface area contributed by atoms with Crippen LogP contribution in [0.1, 0.15) is 5.56 Å². The van der Waals surface area contributed by atoms with Crippen molar-refractivity contribution >= 4 is 0 Å². The van der Waals surface area contributed by atoms with Crippen LogP contribution >= 0.6 is 0 Å². The van der Waals surface area contributed by atoms with E-state index in [0.29, 0.717) is 6.42 Å². The van der Waals surface area contributed by atoms with E-state index in [-0.39, 0.29) is 0 Å². The molecule has 0 amide bonds. The molecule has 1 heteroatoms. The average molecular weight is 208 g/mol. The van der Waals surface area contributed by atoms with Gasteiger partial charge in [0.15, 0.2) is 0 Å². The fourth-order valence-corrected chi connectivity index (χ4v) is 1.71. The van der Waals surface area contributed by atoms with E-state index >= 15 is 0 Å². The molecule has 0 atom stereocenters. The van der Waals surface area contributed by atoms with Gasteiger partial charge >= 0.3 is 0 Å². The lowest BCUT2D eigenvalue weighted by atomic mass is 9.98. The fourth-order valence-electron chi connectivity index (χ4n) is 1.71. The zero-order valence-corrected chi connectivity index (χ0v) is 8.85. The Balaban J connectivity index is 2.43. The first-order valence-electron chi connectivity index (χ1n) is 5.17. The summed E-state index contributed by atoms with van der Waals surface area (Å²) >= 11 is 0. The molecule has 0 saturated carbocycles. The fraction of sp³-hybridized carbons (Fsp3) is 0.0667. The van der Waals surface area contributed by atoms with Crippen molar-refractivity contribution in [2.45, 2.75) is 6.42 Å². The first kappa shape index (κ1) is 10.3. The van der Waals surface area contributed by atoms with E-state index in [1.165, 1.54) is 11.1 Å². The van der Waals surface area contributed by atoms with Crippen LogP contribution < -0.4 is 0 Å². The number of hydrogen-bond donors (Lipinski definition) is 1. The number of hydrogen-bond acceptors (Lipinski definition) is 1. The first-order chi connectivity index (χ1) is 7.92. The molecular formula is C15H12O. The molecule has 78 valence electrons. The second-order valence-corrected chi connectivity index (χ2v) is 3.49. The van der Waals surface area contributed by atoms with Gasteiger partial charge in [-0.25, -0.2) is 0 Å². The van der Waals surface area contributed by atoms with Crippen molar-refractivity contribution in [3.05, 3.63) is 60.2 Å². The van der Waals surface area contributed by atoms with Crippen LogP contribution in [0.4, 0.5) is 0 Å². The summed E-state index contributed by atoms with van der Waals surface area (Å²) in [6.07, 6.45) is 2.52. The first-order valence-corrected chi connectivity index (χ1v) is 5.17. The highest BCUT2D eigenvalue weighted by atomic mass is 16.2. The Kier molecular flexibility index (Phi) is 3.25. The maximum atomic E-state index is 8.53. The van der Waals surface area contributed by atoms with Crippen molar-refractivity contribution < 1.29 is 5.11 Å². The van der Waals surface area contributed by atoms with E-state index in [1.54, 1.807) is 0 Å². The van der Waals surface area contributed by atoms with E-state index in [4.69, 9.17) is 5.11 Å². The molecule has 0 saturated heterocycles. The van der Waals surface area contributed by atoms with Gasteiger partial charge < -0.3 is 5.11 Å². The van der Waals surface area contributed by atoms with Gasteiger partial charge in [-0.05, 0) is 16.7 Å². The zero-order chi connectivity index (χ0) is 11.2. The summed E-state index contributed by atoms with van der Waals surface area (Å²) in [6, 6.07) is 18.3. The topological polar surface area (TPSA) is 20.2 Å². The summed E-state index contributed by atoms with van der Waals surface area (Å²) < 4.78 is 0. The van der Waals surface area contributed by atoms with Crippen LogP contribution in [-0.4, -0.2) is 5.11 Å². The van der Waals surface area contributed by atoms with Crippen LogP contribution in [-0.2, 0) is 6.42 Å². The van der Waals surface area contributed by atoms with Gasteiger partial charge in [0.2, 0.25) is 0 Å². The van der Waals surface area contributed by atoms with E-state index in [1.807, 2.05) is 42.5 Å². The number of rotatable bonds is 2. The summed E-state index contributed by atoms with van der Waals surface area (Å²) in [5.41, 5.74) is 3.49. The summed E-state index contributed by atoms with van der Waals surface area (Å²) in [6.45, 7) is 0. The molecule has 0 fully saturated rings. The molecule has 0 aromatic heterocycles. The number of benzene rings is 2. The summed E-state index contributed by atoms with van der Waals surface area (Å²) in [4.78, 5) is 0. The average Bonchev–Trinajstić information content (AvgIpc) is 2.38. The highest BCUT2D eigenvalue weighted by Gasteiger charge is 2.02. The predicted molar refractivity (Wildman–Crippen MR) is 65.3 cm³/mol. The molecule has 2 aromatic carbocycles. The van der Waals surface area contributed by atoms with Crippen LogP contribution in [0.15, 0.2) is 54.6 Å². The summed E-state index contributed by atoms with van der Waals surface area (Å²) in [7, 11) is 0. The molecule has 1 N–H and O–H groups in total. The lowest BCUT2D eigenvalue weighted by molar-refractivity contribution is 0.516. The molecule has 0 bridgehead atoms. The Labute approximate surface area is 95.4 Å². The monoisotopic (exact) mass is 208 g/mol. The summed E-state index contributed by atoms with van der Waals surface area (Å²) in [5, 5.41) is 8.53. The Hall–Kier alpha value is -2.20. The maximum absolute atomic E-state index is 8.53. The third-order valence-electron chi connectivity index (χ3n) is 2.46. The number of aliphatic hydroxyl groups is 1. The van der Waals surface area contributed by atoms with E-state index in [0.717, 1.165) is 5.56 Å². The highest BCUT2D eigenvalue weighted by Crippen LogP contribution is 2.23. The Morgan fingerprint density at radius 1 is 0.875 bits per heavy atom. The lowest BCUT2D eigenvalue weighted by Crippen LogP contribution is -1.87. The highest BCUT2D eigenvalue weighted by molar-refractivity contribution is 5.67. The van der Waals surface area contributed by atoms with Crippen molar-refractivity contribution in [1.82, 2.24) is 0 Å². The molecule has 0 radical (unpaired) electrons. The molecule has 0 unspecified atom stereocenters. The SMILES string of the molecule is OC#CCc1ccccc1-c1ccccc1. The third kappa shape index (κ3) is 2.24. The van der Waals surface area contributed by atoms with Crippen LogP contribution in [0, 0.1) is 12.0 Å². The molecule has 0 aliphatic rings. The van der Waals surface area contributed by atoms with Gasteiger partial charge in [0.1, 0.15) is 6.11 Å². The molecule has 16 heavy (non-hydrogen) atoms. The van der Waals surface area contributed by atoms with Gasteiger partial charge in [-0.15, -0.1) is 0 Å². The number of aliphatic hydroxyl groups excluding tert-OH is 1. The van der Waals surface area contributed by atoms with Crippen LogP contribution in [0.25, 0.3) is 11.1 Å². The van der Waals surface area contributed by atoms with Gasteiger partial charge in [0.05, 0.1) is 0 Å². The van der Waals surface area contributed by atoms with Crippen LogP contribution in [0.3, 0.4) is 0 Å². The van der Waals surface area contributed by atoms with E-state index in [2.05, 4.69) is 24.1 Å². The maximum Gasteiger partial charge on any atom is 0.107 e. The third-order valence-corrected chi connectivity index (χ3v) is 2.46. The Morgan fingerprint density at radius 2 is 1.56 bits per heavy atom. The van der Waals surface area contributed by atoms with E-state index in [9.17, 15) is 0 Å². The van der Waals surface area contributed by atoms with Gasteiger partial charge in [0.25, 0.3) is 0 Å². The molecule has 1 nitrogen and oxygen atoms in total. The minimum atomic E-state index is 0.571. The molecule has 0 aliphatic carbocycles.